The molecule has 0 unspecified atom stereocenters. The number of fused-ring (bicyclic) bond motifs is 2. The lowest BCUT2D eigenvalue weighted by Crippen LogP contribution is -2.22. The molecule has 0 saturated heterocycles. The molecular formula is C21H19N3O3S. The van der Waals surface area contributed by atoms with Crippen molar-refractivity contribution in [1.82, 2.24) is 9.55 Å². The molecule has 0 spiro atoms. The number of hydrogen-bond donors (Lipinski definition) is 1. The summed E-state index contributed by atoms with van der Waals surface area (Å²) in [5.41, 5.74) is 2.69. The van der Waals surface area contributed by atoms with Crippen LogP contribution < -0.4 is 10.9 Å². The van der Waals surface area contributed by atoms with Gasteiger partial charge >= 0.3 is 0 Å². The standard InChI is InChI=1S/C21H19N3O3S/c1-3-24-20(27)14-6-4-5-7-16(14)23-21(24)28-11-18(25)13-8-9-17-15(10-13)12(2)19(26)22-17/h4-10,12H,3,11H2,1-2H3,(H,22,26)/t12-/m1/s1. The lowest BCUT2D eigenvalue weighted by Gasteiger charge is -2.11. The van der Waals surface area contributed by atoms with Crippen LogP contribution in [0.25, 0.3) is 10.9 Å². The minimum absolute atomic E-state index is 0.0544. The summed E-state index contributed by atoms with van der Waals surface area (Å²) >= 11 is 1.26. The summed E-state index contributed by atoms with van der Waals surface area (Å²) in [6, 6.07) is 12.5. The number of benzene rings is 2. The highest BCUT2D eigenvalue weighted by molar-refractivity contribution is 7.99. The quantitative estimate of drug-likeness (QED) is 0.408. The molecule has 3 aromatic rings. The second-order valence-corrected chi connectivity index (χ2v) is 7.63. The van der Waals surface area contributed by atoms with Gasteiger partial charge in [0.25, 0.3) is 5.56 Å². The molecule has 7 heteroatoms. The molecule has 28 heavy (non-hydrogen) atoms. The molecule has 1 aliphatic heterocycles. The minimum atomic E-state index is -0.261. The van der Waals surface area contributed by atoms with E-state index in [1.807, 2.05) is 26.0 Å². The second kappa shape index (κ2) is 7.24. The Labute approximate surface area is 166 Å². The minimum Gasteiger partial charge on any atom is -0.325 e. The Morgan fingerprint density at radius 2 is 2.00 bits per heavy atom. The highest BCUT2D eigenvalue weighted by Crippen LogP contribution is 2.33. The van der Waals surface area contributed by atoms with Crippen LogP contribution in [-0.2, 0) is 11.3 Å². The number of aromatic nitrogens is 2. The maximum absolute atomic E-state index is 12.7. The molecule has 2 aromatic carbocycles. The van der Waals surface area contributed by atoms with Crippen molar-refractivity contribution >= 4 is 40.0 Å². The summed E-state index contributed by atoms with van der Waals surface area (Å²) in [7, 11) is 0. The third-order valence-electron chi connectivity index (χ3n) is 4.97. The number of ketones is 1. The maximum Gasteiger partial charge on any atom is 0.262 e. The molecule has 6 nitrogen and oxygen atoms in total. The predicted octanol–water partition coefficient (Wildman–Crippen LogP) is 3.45. The zero-order valence-corrected chi connectivity index (χ0v) is 16.4. The van der Waals surface area contributed by atoms with E-state index < -0.39 is 0 Å². The summed E-state index contributed by atoms with van der Waals surface area (Å²) in [6.45, 7) is 4.19. The lowest BCUT2D eigenvalue weighted by atomic mass is 9.99. The average Bonchev–Trinajstić information content (AvgIpc) is 2.99. The Kier molecular flexibility index (Phi) is 4.77. The molecule has 0 aliphatic carbocycles. The summed E-state index contributed by atoms with van der Waals surface area (Å²) in [6.07, 6.45) is 0. The van der Waals surface area contributed by atoms with Crippen LogP contribution in [0.4, 0.5) is 5.69 Å². The molecule has 142 valence electrons. The van der Waals surface area contributed by atoms with Crippen LogP contribution in [-0.4, -0.2) is 27.0 Å². The van der Waals surface area contributed by atoms with Gasteiger partial charge in [-0.15, -0.1) is 0 Å². The molecule has 0 bridgehead atoms. The number of rotatable bonds is 5. The van der Waals surface area contributed by atoms with Gasteiger partial charge in [-0.25, -0.2) is 4.98 Å². The third kappa shape index (κ3) is 3.11. The zero-order chi connectivity index (χ0) is 19.8. The number of para-hydroxylation sites is 1. The van der Waals surface area contributed by atoms with E-state index in [0.29, 0.717) is 28.2 Å². The van der Waals surface area contributed by atoms with E-state index in [-0.39, 0.29) is 28.9 Å². The second-order valence-electron chi connectivity index (χ2n) is 6.69. The summed E-state index contributed by atoms with van der Waals surface area (Å²) < 4.78 is 1.59. The third-order valence-corrected chi connectivity index (χ3v) is 5.94. The van der Waals surface area contributed by atoms with Crippen molar-refractivity contribution in [2.45, 2.75) is 31.5 Å². The highest BCUT2D eigenvalue weighted by atomic mass is 32.2. The SMILES string of the molecule is CCn1c(SCC(=O)c2ccc3c(c2)[C@@H](C)C(=O)N3)nc2ccccc2c1=O. The van der Waals surface area contributed by atoms with E-state index in [1.54, 1.807) is 34.9 Å². The number of nitrogens with one attached hydrogen (secondary N) is 1. The molecule has 0 radical (unpaired) electrons. The van der Waals surface area contributed by atoms with E-state index in [1.165, 1.54) is 11.8 Å². The van der Waals surface area contributed by atoms with Gasteiger partial charge in [-0.05, 0) is 49.7 Å². The van der Waals surface area contributed by atoms with Crippen LogP contribution in [0.15, 0.2) is 52.4 Å². The number of nitrogens with zero attached hydrogens (tertiary/aromatic N) is 2. The van der Waals surface area contributed by atoms with E-state index in [4.69, 9.17) is 0 Å². The van der Waals surface area contributed by atoms with Gasteiger partial charge in [-0.3, -0.25) is 19.0 Å². The number of carbonyl (C=O) groups is 2. The van der Waals surface area contributed by atoms with Crippen molar-refractivity contribution in [3.05, 3.63) is 63.9 Å². The zero-order valence-electron chi connectivity index (χ0n) is 15.6. The number of thioether (sulfide) groups is 1. The van der Waals surface area contributed by atoms with Gasteiger partial charge in [0.1, 0.15) is 0 Å². The fourth-order valence-corrected chi connectivity index (χ4v) is 4.30. The van der Waals surface area contributed by atoms with Crippen molar-refractivity contribution in [1.29, 1.82) is 0 Å². The van der Waals surface area contributed by atoms with Crippen LogP contribution in [0.1, 0.15) is 35.7 Å². The van der Waals surface area contributed by atoms with Gasteiger partial charge in [0, 0.05) is 17.8 Å². The topological polar surface area (TPSA) is 81.1 Å². The summed E-state index contributed by atoms with van der Waals surface area (Å²) in [5, 5.41) is 3.91. The first kappa shape index (κ1) is 18.4. The highest BCUT2D eigenvalue weighted by Gasteiger charge is 2.27. The summed E-state index contributed by atoms with van der Waals surface area (Å²) in [4.78, 5) is 41.8. The molecule has 4 rings (SSSR count). The van der Waals surface area contributed by atoms with Crippen molar-refractivity contribution in [2.75, 3.05) is 11.1 Å². The fraction of sp³-hybridized carbons (Fsp3) is 0.238. The lowest BCUT2D eigenvalue weighted by molar-refractivity contribution is -0.116. The van der Waals surface area contributed by atoms with Crippen LogP contribution >= 0.6 is 11.8 Å². The van der Waals surface area contributed by atoms with Gasteiger partial charge < -0.3 is 5.32 Å². The number of anilines is 1. The molecule has 0 fully saturated rings. The van der Waals surface area contributed by atoms with Gasteiger partial charge in [-0.1, -0.05) is 23.9 Å². The normalized spacial score (nSPS) is 15.5. The van der Waals surface area contributed by atoms with E-state index in [0.717, 1.165) is 11.3 Å². The molecule has 2 heterocycles. The smallest absolute Gasteiger partial charge is 0.262 e. The number of hydrogen-bond acceptors (Lipinski definition) is 5. The molecule has 1 aromatic heterocycles. The predicted molar refractivity (Wildman–Crippen MR) is 110 cm³/mol. The molecule has 1 atom stereocenters. The first-order valence-corrected chi connectivity index (χ1v) is 10.1. The molecule has 1 aliphatic rings. The Balaban J connectivity index is 1.59. The number of carbonyl (C=O) groups excluding carboxylic acids is 2. The maximum atomic E-state index is 12.7. The fourth-order valence-electron chi connectivity index (χ4n) is 3.34. The Morgan fingerprint density at radius 3 is 2.79 bits per heavy atom. The Morgan fingerprint density at radius 1 is 1.21 bits per heavy atom. The summed E-state index contributed by atoms with van der Waals surface area (Å²) in [5.74, 6) is -0.215. The molecule has 1 amide bonds. The van der Waals surface area contributed by atoms with Crippen LogP contribution in [0.2, 0.25) is 0 Å². The van der Waals surface area contributed by atoms with Gasteiger partial charge in [-0.2, -0.15) is 0 Å². The van der Waals surface area contributed by atoms with Gasteiger partial charge in [0.2, 0.25) is 5.91 Å². The van der Waals surface area contributed by atoms with Crippen molar-refractivity contribution in [2.24, 2.45) is 0 Å². The molecule has 1 N–H and O–H groups in total. The first-order chi connectivity index (χ1) is 13.5. The monoisotopic (exact) mass is 393 g/mol. The van der Waals surface area contributed by atoms with Crippen LogP contribution in [0.5, 0.6) is 0 Å². The van der Waals surface area contributed by atoms with Crippen molar-refractivity contribution in [3.63, 3.8) is 0 Å². The molecular weight excluding hydrogens is 374 g/mol. The number of Topliss-reactive ketones (excluding diaryl/α,β-unsaturated/α-hetero) is 1. The van der Waals surface area contributed by atoms with Crippen molar-refractivity contribution in [3.8, 4) is 0 Å². The van der Waals surface area contributed by atoms with Crippen LogP contribution in [0, 0.1) is 0 Å². The molecule has 0 saturated carbocycles. The van der Waals surface area contributed by atoms with Gasteiger partial charge in [0.15, 0.2) is 10.9 Å². The number of amides is 1. The first-order valence-electron chi connectivity index (χ1n) is 9.10. The van der Waals surface area contributed by atoms with E-state index in [9.17, 15) is 14.4 Å². The Bertz CT molecular complexity index is 1170. The Hall–Kier alpha value is -2.93. The van der Waals surface area contributed by atoms with E-state index in [2.05, 4.69) is 10.3 Å². The van der Waals surface area contributed by atoms with Crippen LogP contribution in [0.3, 0.4) is 0 Å². The largest absolute Gasteiger partial charge is 0.325 e. The van der Waals surface area contributed by atoms with Gasteiger partial charge in [0.05, 0.1) is 22.6 Å². The van der Waals surface area contributed by atoms with E-state index >= 15 is 0 Å². The average molecular weight is 393 g/mol. The van der Waals surface area contributed by atoms with Crippen molar-refractivity contribution < 1.29 is 9.59 Å².